The van der Waals surface area contributed by atoms with E-state index in [-0.39, 0.29) is 12.0 Å². The number of aromatic nitrogens is 4. The topological polar surface area (TPSA) is 90.6 Å². The Hall–Kier alpha value is -3.46. The van der Waals surface area contributed by atoms with Crippen LogP contribution in [-0.4, -0.2) is 38.9 Å². The maximum absolute atomic E-state index is 12.9. The van der Waals surface area contributed by atoms with Gasteiger partial charge in [-0.2, -0.15) is 9.61 Å². The number of benzene rings is 2. The van der Waals surface area contributed by atoms with Gasteiger partial charge in [0.25, 0.3) is 5.91 Å². The quantitative estimate of drug-likeness (QED) is 0.412. The van der Waals surface area contributed by atoms with E-state index >= 15 is 0 Å². The summed E-state index contributed by atoms with van der Waals surface area (Å²) in [4.78, 5) is 13.6. The SMILES string of the molecule is CCc1nnc2sc(-c3ccc(OC)c(NC(=O)c4ccc(O[C@@H](C)CC)cc4)c3)nn12. The standard InChI is InChI=1S/C23H25N5O3S/c1-5-14(3)31-17-10-7-15(8-11-17)21(29)24-18-13-16(9-12-19(18)30-4)22-27-28-20(6-2)25-26-23(28)32-22/h7-14H,5-6H2,1-4H3,(H,24,29)/t14-/m0/s1. The molecule has 0 saturated carbocycles. The lowest BCUT2D eigenvalue weighted by Crippen LogP contribution is -2.13. The lowest BCUT2D eigenvalue weighted by Gasteiger charge is -2.13. The molecule has 0 bridgehead atoms. The van der Waals surface area contributed by atoms with E-state index in [4.69, 9.17) is 9.47 Å². The molecule has 2 aromatic heterocycles. The Morgan fingerprint density at radius 1 is 1.16 bits per heavy atom. The van der Waals surface area contributed by atoms with Crippen molar-refractivity contribution in [3.05, 3.63) is 53.9 Å². The van der Waals surface area contributed by atoms with Crippen LogP contribution in [0.3, 0.4) is 0 Å². The lowest BCUT2D eigenvalue weighted by molar-refractivity contribution is 0.102. The zero-order valence-corrected chi connectivity index (χ0v) is 19.3. The fraction of sp³-hybridized carbons (Fsp3) is 0.304. The summed E-state index contributed by atoms with van der Waals surface area (Å²) < 4.78 is 13.0. The van der Waals surface area contributed by atoms with Gasteiger partial charge in [0.15, 0.2) is 5.82 Å². The lowest BCUT2D eigenvalue weighted by atomic mass is 10.1. The van der Waals surface area contributed by atoms with Gasteiger partial charge in [0.05, 0.1) is 18.9 Å². The van der Waals surface area contributed by atoms with Crippen LogP contribution in [0.15, 0.2) is 42.5 Å². The normalized spacial score (nSPS) is 12.0. The van der Waals surface area contributed by atoms with E-state index in [0.29, 0.717) is 17.0 Å². The molecule has 32 heavy (non-hydrogen) atoms. The number of hydrogen-bond acceptors (Lipinski definition) is 7. The number of hydrogen-bond donors (Lipinski definition) is 1. The molecule has 9 heteroatoms. The number of carbonyl (C=O) groups excluding carboxylic acids is 1. The number of rotatable bonds is 8. The predicted octanol–water partition coefficient (Wildman–Crippen LogP) is 4.85. The molecule has 0 aliphatic rings. The van der Waals surface area contributed by atoms with Crippen LogP contribution in [0.1, 0.15) is 43.4 Å². The fourth-order valence-corrected chi connectivity index (χ4v) is 3.98. The Morgan fingerprint density at radius 3 is 2.62 bits per heavy atom. The van der Waals surface area contributed by atoms with Crippen LogP contribution in [0.5, 0.6) is 11.5 Å². The summed E-state index contributed by atoms with van der Waals surface area (Å²) in [6.07, 6.45) is 1.79. The van der Waals surface area contributed by atoms with E-state index < -0.39 is 0 Å². The second-order valence-electron chi connectivity index (χ2n) is 7.30. The van der Waals surface area contributed by atoms with E-state index in [9.17, 15) is 4.79 Å². The van der Waals surface area contributed by atoms with Crippen molar-refractivity contribution in [2.45, 2.75) is 39.7 Å². The van der Waals surface area contributed by atoms with E-state index in [1.54, 1.807) is 35.9 Å². The highest BCUT2D eigenvalue weighted by Crippen LogP contribution is 2.33. The Balaban J connectivity index is 1.57. The van der Waals surface area contributed by atoms with Crippen LogP contribution in [-0.2, 0) is 6.42 Å². The highest BCUT2D eigenvalue weighted by atomic mass is 32.1. The maximum Gasteiger partial charge on any atom is 0.255 e. The van der Waals surface area contributed by atoms with Gasteiger partial charge in [-0.05, 0) is 55.8 Å². The summed E-state index contributed by atoms with van der Waals surface area (Å²) in [5.74, 6) is 1.88. The Morgan fingerprint density at radius 2 is 1.94 bits per heavy atom. The second kappa shape index (κ2) is 9.35. The highest BCUT2D eigenvalue weighted by Gasteiger charge is 2.16. The summed E-state index contributed by atoms with van der Waals surface area (Å²) in [5, 5.41) is 16.7. The number of nitrogens with zero attached hydrogens (tertiary/aromatic N) is 4. The molecule has 1 N–H and O–H groups in total. The maximum atomic E-state index is 12.9. The second-order valence-corrected chi connectivity index (χ2v) is 8.26. The van der Waals surface area contributed by atoms with Crippen LogP contribution >= 0.6 is 11.3 Å². The monoisotopic (exact) mass is 451 g/mol. The summed E-state index contributed by atoms with van der Waals surface area (Å²) in [6.45, 7) is 6.09. The van der Waals surface area contributed by atoms with Crippen molar-refractivity contribution in [1.29, 1.82) is 0 Å². The van der Waals surface area contributed by atoms with Gasteiger partial charge in [0.1, 0.15) is 16.5 Å². The minimum atomic E-state index is -0.234. The van der Waals surface area contributed by atoms with Crippen molar-refractivity contribution in [2.75, 3.05) is 12.4 Å². The van der Waals surface area contributed by atoms with Crippen molar-refractivity contribution >= 4 is 27.9 Å². The highest BCUT2D eigenvalue weighted by molar-refractivity contribution is 7.19. The van der Waals surface area contributed by atoms with Crippen LogP contribution in [0.2, 0.25) is 0 Å². The minimum absolute atomic E-state index is 0.125. The van der Waals surface area contributed by atoms with Crippen molar-refractivity contribution in [3.8, 4) is 22.1 Å². The molecular formula is C23H25N5O3S. The van der Waals surface area contributed by atoms with Gasteiger partial charge in [-0.3, -0.25) is 4.79 Å². The molecule has 0 fully saturated rings. The molecular weight excluding hydrogens is 426 g/mol. The molecule has 1 amide bonds. The zero-order valence-electron chi connectivity index (χ0n) is 18.5. The van der Waals surface area contributed by atoms with E-state index in [1.807, 2.05) is 32.0 Å². The molecule has 8 nitrogen and oxygen atoms in total. The number of amides is 1. The third-order valence-corrected chi connectivity index (χ3v) is 6.04. The molecule has 0 spiro atoms. The molecule has 166 valence electrons. The molecule has 0 saturated heterocycles. The first kappa shape index (κ1) is 21.8. The van der Waals surface area contributed by atoms with Gasteiger partial charge in [-0.1, -0.05) is 25.2 Å². The number of methoxy groups -OCH3 is 1. The molecule has 0 radical (unpaired) electrons. The molecule has 1 atom stereocenters. The van der Waals surface area contributed by atoms with Crippen molar-refractivity contribution in [2.24, 2.45) is 0 Å². The van der Waals surface area contributed by atoms with Gasteiger partial charge in [-0.25, -0.2) is 0 Å². The van der Waals surface area contributed by atoms with Crippen molar-refractivity contribution in [1.82, 2.24) is 19.8 Å². The smallest absolute Gasteiger partial charge is 0.255 e. The van der Waals surface area contributed by atoms with Gasteiger partial charge >= 0.3 is 0 Å². The first-order valence-electron chi connectivity index (χ1n) is 10.5. The third-order valence-electron chi connectivity index (χ3n) is 5.09. The van der Waals surface area contributed by atoms with Crippen molar-refractivity contribution in [3.63, 3.8) is 0 Å². The fourth-order valence-electron chi connectivity index (χ4n) is 3.13. The first-order chi connectivity index (χ1) is 15.5. The van der Waals surface area contributed by atoms with E-state index in [1.165, 1.54) is 11.3 Å². The van der Waals surface area contributed by atoms with Crippen LogP contribution in [0, 0.1) is 0 Å². The average molecular weight is 452 g/mol. The Labute approximate surface area is 190 Å². The summed E-state index contributed by atoms with van der Waals surface area (Å²) in [7, 11) is 1.57. The summed E-state index contributed by atoms with van der Waals surface area (Å²) in [5.41, 5.74) is 1.95. The van der Waals surface area contributed by atoms with Crippen LogP contribution < -0.4 is 14.8 Å². The van der Waals surface area contributed by atoms with Gasteiger partial charge in [0, 0.05) is 17.5 Å². The van der Waals surface area contributed by atoms with Gasteiger partial charge in [0.2, 0.25) is 4.96 Å². The molecule has 2 heterocycles. The molecule has 4 aromatic rings. The zero-order chi connectivity index (χ0) is 22.7. The number of anilines is 1. The molecule has 0 aliphatic carbocycles. The molecule has 0 unspecified atom stereocenters. The van der Waals surface area contributed by atoms with Crippen LogP contribution in [0.4, 0.5) is 5.69 Å². The number of ether oxygens (including phenoxy) is 2. The first-order valence-corrected chi connectivity index (χ1v) is 11.3. The summed E-state index contributed by atoms with van der Waals surface area (Å²) >= 11 is 1.44. The largest absolute Gasteiger partial charge is 0.495 e. The minimum Gasteiger partial charge on any atom is -0.495 e. The summed E-state index contributed by atoms with van der Waals surface area (Å²) in [6, 6.07) is 12.7. The van der Waals surface area contributed by atoms with Crippen molar-refractivity contribution < 1.29 is 14.3 Å². The third kappa shape index (κ3) is 4.43. The Kier molecular flexibility index (Phi) is 6.36. The number of aryl methyl sites for hydroxylation is 1. The molecule has 4 rings (SSSR count). The predicted molar refractivity (Wildman–Crippen MR) is 125 cm³/mol. The van der Waals surface area contributed by atoms with E-state index in [0.717, 1.165) is 39.9 Å². The molecule has 0 aliphatic heterocycles. The molecule has 2 aromatic carbocycles. The van der Waals surface area contributed by atoms with Gasteiger partial charge in [-0.15, -0.1) is 10.2 Å². The number of nitrogens with one attached hydrogen (secondary N) is 1. The van der Waals surface area contributed by atoms with E-state index in [2.05, 4.69) is 27.5 Å². The van der Waals surface area contributed by atoms with Gasteiger partial charge < -0.3 is 14.8 Å². The number of fused-ring (bicyclic) bond motifs is 1. The number of carbonyl (C=O) groups is 1. The Bertz CT molecular complexity index is 1230. The van der Waals surface area contributed by atoms with Crippen LogP contribution in [0.25, 0.3) is 15.5 Å². The average Bonchev–Trinajstić information content (AvgIpc) is 3.40.